The molecule has 0 fully saturated rings. The zero-order valence-corrected chi connectivity index (χ0v) is 4.18. The first-order valence-corrected chi connectivity index (χ1v) is 1.87. The van der Waals surface area contributed by atoms with Gasteiger partial charge in [-0.15, -0.1) is 0 Å². The largest absolute Gasteiger partial charge is 0.315 e. The summed E-state index contributed by atoms with van der Waals surface area (Å²) in [5.41, 5.74) is 5.24. The summed E-state index contributed by atoms with van der Waals surface area (Å²) in [5.74, 6) is 5.14. The van der Waals surface area contributed by atoms with Crippen LogP contribution in [0.5, 0.6) is 0 Å². The Morgan fingerprint density at radius 2 is 1.83 bits per heavy atom. The van der Waals surface area contributed by atoms with Gasteiger partial charge in [-0.05, 0) is 6.92 Å². The third kappa shape index (κ3) is 2.14. The van der Waals surface area contributed by atoms with Crippen LogP contribution in [0.1, 0.15) is 6.92 Å². The van der Waals surface area contributed by atoms with E-state index in [0.717, 1.165) is 0 Å². The summed E-state index contributed by atoms with van der Waals surface area (Å²) in [6.07, 6.45) is -0.0370. The van der Waals surface area contributed by atoms with Crippen LogP contribution >= 0.6 is 0 Å². The molecule has 0 bridgehead atoms. The Labute approximate surface area is 37.9 Å². The van der Waals surface area contributed by atoms with Crippen LogP contribution in [0.3, 0.4) is 0 Å². The molecule has 6 heavy (non-hydrogen) atoms. The van der Waals surface area contributed by atoms with Crippen molar-refractivity contribution < 1.29 is 0 Å². The van der Waals surface area contributed by atoms with Gasteiger partial charge in [-0.2, -0.15) is 0 Å². The fraction of sp³-hybridized carbons (Fsp3) is 1.00. The lowest BCUT2D eigenvalue weighted by Gasteiger charge is -2.12. The van der Waals surface area contributed by atoms with Gasteiger partial charge in [0.2, 0.25) is 0 Å². The number of nitrogens with two attached hydrogens (primary N) is 2. The van der Waals surface area contributed by atoms with Gasteiger partial charge in [-0.25, -0.2) is 5.01 Å². The van der Waals surface area contributed by atoms with Crippen molar-refractivity contribution in [2.45, 2.75) is 13.1 Å². The summed E-state index contributed by atoms with van der Waals surface area (Å²) in [6.45, 7) is 1.82. The van der Waals surface area contributed by atoms with Gasteiger partial charge in [-0.1, -0.05) is 0 Å². The molecule has 0 rings (SSSR count). The maximum Gasteiger partial charge on any atom is 0.0673 e. The van der Waals surface area contributed by atoms with Crippen LogP contribution in [0.2, 0.25) is 0 Å². The number of hydrogen-bond donors (Lipinski definition) is 2. The lowest BCUT2D eigenvalue weighted by molar-refractivity contribution is 0.272. The van der Waals surface area contributed by atoms with Gasteiger partial charge in [-0.3, -0.25) is 5.84 Å². The summed E-state index contributed by atoms with van der Waals surface area (Å²) >= 11 is 0. The second-order valence-electron chi connectivity index (χ2n) is 1.41. The predicted molar refractivity (Wildman–Crippen MR) is 25.6 cm³/mol. The van der Waals surface area contributed by atoms with E-state index in [1.54, 1.807) is 7.05 Å². The average Bonchev–Trinajstić information content (AvgIpc) is 1.36. The molecule has 3 nitrogen and oxygen atoms in total. The van der Waals surface area contributed by atoms with Crippen LogP contribution < -0.4 is 11.6 Å². The summed E-state index contributed by atoms with van der Waals surface area (Å²) in [5, 5.41) is 1.44. The second kappa shape index (κ2) is 2.12. The molecule has 4 N–H and O–H groups in total. The lowest BCUT2D eigenvalue weighted by Crippen LogP contribution is -2.41. The van der Waals surface area contributed by atoms with Crippen LogP contribution in [-0.2, 0) is 0 Å². The Bertz CT molecular complexity index is 27.0. The van der Waals surface area contributed by atoms with E-state index in [0.29, 0.717) is 0 Å². The molecule has 3 heteroatoms. The zero-order valence-electron chi connectivity index (χ0n) is 4.18. The SMILES string of the molecule is CC(N)N(C)N. The fourth-order valence-electron chi connectivity index (χ4n) is 0. The van der Waals surface area contributed by atoms with Crippen LogP contribution in [0.15, 0.2) is 0 Å². The normalized spacial score (nSPS) is 15.5. The summed E-state index contributed by atoms with van der Waals surface area (Å²) < 4.78 is 0. The van der Waals surface area contributed by atoms with Crippen LogP contribution in [0, 0.1) is 0 Å². The van der Waals surface area contributed by atoms with E-state index in [-0.39, 0.29) is 6.17 Å². The van der Waals surface area contributed by atoms with Gasteiger partial charge >= 0.3 is 0 Å². The first-order chi connectivity index (χ1) is 2.64. The molecule has 0 saturated carbocycles. The number of hydrogen-bond acceptors (Lipinski definition) is 3. The van der Waals surface area contributed by atoms with Crippen molar-refractivity contribution in [1.82, 2.24) is 5.01 Å². The molecule has 38 valence electrons. The van der Waals surface area contributed by atoms with Crippen molar-refractivity contribution in [1.29, 1.82) is 0 Å². The van der Waals surface area contributed by atoms with Gasteiger partial charge in [0.25, 0.3) is 0 Å². The minimum absolute atomic E-state index is 0.0370. The van der Waals surface area contributed by atoms with E-state index in [2.05, 4.69) is 0 Å². The summed E-state index contributed by atoms with van der Waals surface area (Å²) in [6, 6.07) is 0. The molecule has 0 amide bonds. The molecule has 0 heterocycles. The van der Waals surface area contributed by atoms with Crippen molar-refractivity contribution >= 4 is 0 Å². The summed E-state index contributed by atoms with van der Waals surface area (Å²) in [4.78, 5) is 0. The molecular formula is C3H11N3. The quantitative estimate of drug-likeness (QED) is 0.248. The maximum absolute atomic E-state index is 5.24. The highest BCUT2D eigenvalue weighted by molar-refractivity contribution is 4.40. The monoisotopic (exact) mass is 89.1 g/mol. The summed E-state index contributed by atoms with van der Waals surface area (Å²) in [7, 11) is 1.73. The zero-order chi connectivity index (χ0) is 5.15. The Balaban J connectivity index is 2.99. The van der Waals surface area contributed by atoms with Gasteiger partial charge in [0.05, 0.1) is 6.17 Å². The highest BCUT2D eigenvalue weighted by atomic mass is 15.4. The van der Waals surface area contributed by atoms with Gasteiger partial charge in [0, 0.05) is 7.05 Å². The Kier molecular flexibility index (Phi) is 2.08. The van der Waals surface area contributed by atoms with E-state index in [9.17, 15) is 0 Å². The van der Waals surface area contributed by atoms with E-state index < -0.39 is 0 Å². The molecule has 0 radical (unpaired) electrons. The topological polar surface area (TPSA) is 55.3 Å². The predicted octanol–water partition coefficient (Wildman–Crippen LogP) is -0.903. The minimum atomic E-state index is -0.0370. The van der Waals surface area contributed by atoms with Gasteiger partial charge in [0.1, 0.15) is 0 Å². The molecule has 1 atom stereocenters. The molecule has 0 aromatic heterocycles. The minimum Gasteiger partial charge on any atom is -0.315 e. The van der Waals surface area contributed by atoms with E-state index >= 15 is 0 Å². The molecular weight excluding hydrogens is 78.1 g/mol. The van der Waals surface area contributed by atoms with E-state index in [1.165, 1.54) is 5.01 Å². The van der Waals surface area contributed by atoms with Crippen LogP contribution in [-0.4, -0.2) is 18.2 Å². The number of nitrogens with zero attached hydrogens (tertiary/aromatic N) is 1. The number of rotatable bonds is 1. The van der Waals surface area contributed by atoms with E-state index in [1.807, 2.05) is 6.92 Å². The van der Waals surface area contributed by atoms with Gasteiger partial charge in [0.15, 0.2) is 0 Å². The molecule has 0 aliphatic heterocycles. The Morgan fingerprint density at radius 3 is 1.83 bits per heavy atom. The molecule has 0 aromatic carbocycles. The van der Waals surface area contributed by atoms with Crippen molar-refractivity contribution in [3.05, 3.63) is 0 Å². The van der Waals surface area contributed by atoms with Crippen molar-refractivity contribution in [3.63, 3.8) is 0 Å². The van der Waals surface area contributed by atoms with Gasteiger partial charge < -0.3 is 5.73 Å². The van der Waals surface area contributed by atoms with Crippen LogP contribution in [0.4, 0.5) is 0 Å². The maximum atomic E-state index is 5.24. The van der Waals surface area contributed by atoms with Crippen molar-refractivity contribution in [3.8, 4) is 0 Å². The third-order valence-electron chi connectivity index (χ3n) is 0.642. The fourth-order valence-corrected chi connectivity index (χ4v) is 0. The lowest BCUT2D eigenvalue weighted by atomic mass is 10.6. The molecule has 0 aromatic rings. The molecule has 0 saturated heterocycles. The smallest absolute Gasteiger partial charge is 0.0673 e. The second-order valence-corrected chi connectivity index (χ2v) is 1.41. The standard InChI is InChI=1S/C3H11N3/c1-3(4)6(2)5/h3H,4-5H2,1-2H3. The first kappa shape index (κ1) is 5.88. The van der Waals surface area contributed by atoms with Crippen molar-refractivity contribution in [2.75, 3.05) is 7.05 Å². The molecule has 0 spiro atoms. The Hall–Kier alpha value is -0.120. The Morgan fingerprint density at radius 1 is 1.67 bits per heavy atom. The van der Waals surface area contributed by atoms with Crippen LogP contribution in [0.25, 0.3) is 0 Å². The first-order valence-electron chi connectivity index (χ1n) is 1.87. The van der Waals surface area contributed by atoms with E-state index in [4.69, 9.17) is 11.6 Å². The molecule has 0 aliphatic rings. The number of hydrazine groups is 1. The highest BCUT2D eigenvalue weighted by Crippen LogP contribution is 1.70. The average molecular weight is 89.1 g/mol. The molecule has 1 unspecified atom stereocenters. The molecule has 0 aliphatic carbocycles. The highest BCUT2D eigenvalue weighted by Gasteiger charge is 1.91. The van der Waals surface area contributed by atoms with Crippen molar-refractivity contribution in [2.24, 2.45) is 11.6 Å². The third-order valence-corrected chi connectivity index (χ3v) is 0.642.